The number of thiophene rings is 1. The number of fused-ring (bicyclic) bond motifs is 6. The summed E-state index contributed by atoms with van der Waals surface area (Å²) in [5, 5.41) is 6.46. The zero-order valence-corrected chi connectivity index (χ0v) is 22.1. The van der Waals surface area contributed by atoms with Crippen molar-refractivity contribution in [3.05, 3.63) is 77.7 Å². The summed E-state index contributed by atoms with van der Waals surface area (Å²) in [4.78, 5) is 4.95. The molecule has 3 aromatic heterocycles. The van der Waals surface area contributed by atoms with Crippen LogP contribution in [0.4, 0.5) is 0 Å². The summed E-state index contributed by atoms with van der Waals surface area (Å²) in [5.74, 6) is 1.61. The monoisotopic (exact) mass is 477 g/mol. The minimum atomic E-state index is 0.0376. The summed E-state index contributed by atoms with van der Waals surface area (Å²) >= 11 is 1.85. The number of nitrogens with zero attached hydrogens (tertiary/aromatic N) is 1. The maximum atomic E-state index is 6.23. The van der Waals surface area contributed by atoms with Crippen molar-refractivity contribution < 1.29 is 4.42 Å². The number of benzene rings is 3. The molecule has 0 fully saturated rings. The van der Waals surface area contributed by atoms with Crippen LogP contribution < -0.4 is 0 Å². The third kappa shape index (κ3) is 3.56. The van der Waals surface area contributed by atoms with Crippen molar-refractivity contribution in [3.63, 3.8) is 0 Å². The lowest BCUT2D eigenvalue weighted by molar-refractivity contribution is 0.560. The zero-order chi connectivity index (χ0) is 24.5. The molecule has 0 radical (unpaired) electrons. The second-order valence-corrected chi connectivity index (χ2v) is 12.2. The fourth-order valence-corrected chi connectivity index (χ4v) is 6.71. The van der Waals surface area contributed by atoms with E-state index >= 15 is 0 Å². The van der Waals surface area contributed by atoms with Crippen LogP contribution in [0, 0.1) is 12.8 Å². The molecule has 2 nitrogen and oxygen atoms in total. The Morgan fingerprint density at radius 1 is 0.943 bits per heavy atom. The highest BCUT2D eigenvalue weighted by molar-refractivity contribution is 7.26. The molecule has 176 valence electrons. The van der Waals surface area contributed by atoms with Crippen LogP contribution >= 0.6 is 11.3 Å². The van der Waals surface area contributed by atoms with Gasteiger partial charge in [-0.2, -0.15) is 0 Å². The second kappa shape index (κ2) is 7.93. The zero-order valence-electron chi connectivity index (χ0n) is 21.3. The highest BCUT2D eigenvalue weighted by Crippen LogP contribution is 2.45. The third-order valence-corrected chi connectivity index (χ3v) is 8.24. The minimum Gasteiger partial charge on any atom is -0.461 e. The highest BCUT2D eigenvalue weighted by Gasteiger charge is 2.22. The molecule has 0 bridgehead atoms. The quantitative estimate of drug-likeness (QED) is 0.253. The second-order valence-electron chi connectivity index (χ2n) is 11.2. The van der Waals surface area contributed by atoms with E-state index < -0.39 is 0 Å². The van der Waals surface area contributed by atoms with Crippen LogP contribution in [0.3, 0.4) is 0 Å². The molecule has 0 N–H and O–H groups in total. The van der Waals surface area contributed by atoms with E-state index in [1.165, 1.54) is 53.0 Å². The molecule has 0 saturated carbocycles. The van der Waals surface area contributed by atoms with Crippen LogP contribution in [0.15, 0.2) is 65.2 Å². The number of pyridine rings is 1. The topological polar surface area (TPSA) is 26.0 Å². The Kier molecular flexibility index (Phi) is 5.05. The van der Waals surface area contributed by atoms with Gasteiger partial charge in [0.15, 0.2) is 0 Å². The van der Waals surface area contributed by atoms with Gasteiger partial charge in [0.05, 0.1) is 10.4 Å². The molecule has 0 spiro atoms. The summed E-state index contributed by atoms with van der Waals surface area (Å²) in [6, 6.07) is 19.9. The Labute approximate surface area is 210 Å². The summed E-state index contributed by atoms with van der Waals surface area (Å²) < 4.78 is 8.78. The van der Waals surface area contributed by atoms with E-state index in [1.54, 1.807) is 0 Å². The molecule has 0 atom stereocenters. The molecular formula is C32H31NOS. The van der Waals surface area contributed by atoms with Crippen molar-refractivity contribution in [3.8, 4) is 11.3 Å². The van der Waals surface area contributed by atoms with Gasteiger partial charge in [-0.1, -0.05) is 58.9 Å². The van der Waals surface area contributed by atoms with Crippen molar-refractivity contribution in [2.24, 2.45) is 5.92 Å². The molecule has 3 heterocycles. The Morgan fingerprint density at radius 3 is 2.51 bits per heavy atom. The molecule has 0 aliphatic heterocycles. The number of hydrogen-bond donors (Lipinski definition) is 0. The van der Waals surface area contributed by atoms with Crippen LogP contribution in [-0.2, 0) is 11.8 Å². The summed E-state index contributed by atoms with van der Waals surface area (Å²) in [5.41, 5.74) is 5.99. The summed E-state index contributed by atoms with van der Waals surface area (Å²) in [6.45, 7) is 13.5. The predicted molar refractivity (Wildman–Crippen MR) is 152 cm³/mol. The number of hydrogen-bond acceptors (Lipinski definition) is 3. The van der Waals surface area contributed by atoms with Crippen LogP contribution in [0.1, 0.15) is 51.5 Å². The van der Waals surface area contributed by atoms with E-state index in [9.17, 15) is 0 Å². The third-order valence-electron chi connectivity index (χ3n) is 7.06. The van der Waals surface area contributed by atoms with Gasteiger partial charge in [0.1, 0.15) is 11.3 Å². The van der Waals surface area contributed by atoms with Crippen LogP contribution in [0.5, 0.6) is 0 Å². The summed E-state index contributed by atoms with van der Waals surface area (Å²) in [6.07, 6.45) is 3.00. The smallest absolute Gasteiger partial charge is 0.135 e. The van der Waals surface area contributed by atoms with E-state index in [2.05, 4.69) is 96.1 Å². The predicted octanol–water partition coefficient (Wildman–Crippen LogP) is 9.82. The van der Waals surface area contributed by atoms with E-state index in [-0.39, 0.29) is 5.41 Å². The molecule has 0 amide bonds. The van der Waals surface area contributed by atoms with Gasteiger partial charge >= 0.3 is 0 Å². The van der Waals surface area contributed by atoms with Gasteiger partial charge in [0.2, 0.25) is 0 Å². The normalized spacial score (nSPS) is 12.7. The first-order valence-electron chi connectivity index (χ1n) is 12.5. The maximum absolute atomic E-state index is 6.23. The molecule has 0 aliphatic carbocycles. The molecule has 6 rings (SSSR count). The molecule has 0 unspecified atom stereocenters. The Bertz CT molecular complexity index is 1740. The number of rotatable bonds is 3. The van der Waals surface area contributed by atoms with Gasteiger partial charge in [-0.25, -0.2) is 0 Å². The molecule has 3 heteroatoms. The minimum absolute atomic E-state index is 0.0376. The van der Waals surface area contributed by atoms with Crippen LogP contribution in [-0.4, -0.2) is 4.98 Å². The van der Waals surface area contributed by atoms with Gasteiger partial charge in [-0.3, -0.25) is 4.98 Å². The van der Waals surface area contributed by atoms with E-state index in [0.29, 0.717) is 5.92 Å². The van der Waals surface area contributed by atoms with Gasteiger partial charge in [-0.05, 0) is 71.3 Å². The molecule has 3 aromatic carbocycles. The van der Waals surface area contributed by atoms with Gasteiger partial charge in [-0.15, -0.1) is 11.3 Å². The fraction of sp³-hybridized carbons (Fsp3) is 0.281. The van der Waals surface area contributed by atoms with E-state index in [1.807, 2.05) is 17.5 Å². The molecule has 35 heavy (non-hydrogen) atoms. The van der Waals surface area contributed by atoms with Gasteiger partial charge in [0.25, 0.3) is 0 Å². The van der Waals surface area contributed by atoms with E-state index in [4.69, 9.17) is 9.40 Å². The lowest BCUT2D eigenvalue weighted by atomic mass is 9.82. The maximum Gasteiger partial charge on any atom is 0.135 e. The fourth-order valence-electron chi connectivity index (χ4n) is 5.49. The number of aryl methyl sites for hydroxylation is 1. The highest BCUT2D eigenvalue weighted by atomic mass is 32.1. The molecule has 6 aromatic rings. The largest absolute Gasteiger partial charge is 0.461 e. The van der Waals surface area contributed by atoms with Gasteiger partial charge < -0.3 is 4.42 Å². The van der Waals surface area contributed by atoms with Crippen molar-refractivity contribution in [1.82, 2.24) is 4.98 Å². The summed E-state index contributed by atoms with van der Waals surface area (Å²) in [7, 11) is 0. The van der Waals surface area contributed by atoms with E-state index in [0.717, 1.165) is 23.5 Å². The van der Waals surface area contributed by atoms with Gasteiger partial charge in [0, 0.05) is 38.2 Å². The lowest BCUT2D eigenvalue weighted by Gasteiger charge is -2.22. The van der Waals surface area contributed by atoms with Crippen molar-refractivity contribution in [2.75, 3.05) is 0 Å². The first kappa shape index (κ1) is 22.3. The number of aromatic nitrogens is 1. The van der Waals surface area contributed by atoms with Crippen LogP contribution in [0.25, 0.3) is 53.2 Å². The SMILES string of the molecule is Cc1oc2ccc3sc4c(-c5cc(C(C)(C)C)c6ccccc6c5)nccc4c3c2c1CC(C)C. The van der Waals surface area contributed by atoms with Crippen molar-refractivity contribution in [2.45, 2.75) is 53.4 Å². The Morgan fingerprint density at radius 2 is 1.74 bits per heavy atom. The first-order valence-corrected chi connectivity index (χ1v) is 13.3. The number of furan rings is 1. The Balaban J connectivity index is 1.68. The molecule has 0 saturated heterocycles. The Hall–Kier alpha value is -3.17. The molecular weight excluding hydrogens is 446 g/mol. The lowest BCUT2D eigenvalue weighted by Crippen LogP contribution is -2.12. The molecule has 0 aliphatic rings. The first-order chi connectivity index (χ1) is 16.7. The van der Waals surface area contributed by atoms with Crippen molar-refractivity contribution >= 4 is 53.3 Å². The van der Waals surface area contributed by atoms with Crippen LogP contribution in [0.2, 0.25) is 0 Å². The van der Waals surface area contributed by atoms with Crippen molar-refractivity contribution in [1.29, 1.82) is 0 Å². The average molecular weight is 478 g/mol. The standard InChI is InChI=1S/C32H31NOS/c1-18(2)15-24-19(3)34-26-11-12-27-29(28(24)26)23-13-14-33-30(31(23)35-27)21-16-20-9-7-8-10-22(20)25(17-21)32(4,5)6/h7-14,16-18H,15H2,1-6H3. The average Bonchev–Trinajstić information content (AvgIpc) is 3.34.